The van der Waals surface area contributed by atoms with Gasteiger partial charge in [-0.2, -0.15) is 0 Å². The molecular formula is C14H18ClN3O2S. The van der Waals surface area contributed by atoms with Gasteiger partial charge in [-0.25, -0.2) is 4.79 Å². The van der Waals surface area contributed by atoms with Gasteiger partial charge in [0.05, 0.1) is 4.34 Å². The third kappa shape index (κ3) is 2.67. The van der Waals surface area contributed by atoms with Gasteiger partial charge in [0.1, 0.15) is 6.04 Å². The van der Waals surface area contributed by atoms with E-state index >= 15 is 0 Å². The summed E-state index contributed by atoms with van der Waals surface area (Å²) in [5.41, 5.74) is 0. The molecule has 5 nitrogen and oxygen atoms in total. The molecular weight excluding hydrogens is 310 g/mol. The number of halogens is 1. The van der Waals surface area contributed by atoms with E-state index in [1.165, 1.54) is 9.78 Å². The van der Waals surface area contributed by atoms with Gasteiger partial charge in [0.25, 0.3) is 5.91 Å². The van der Waals surface area contributed by atoms with E-state index < -0.39 is 0 Å². The smallest absolute Gasteiger partial charge is 0.310 e. The number of nitrogens with zero attached hydrogens (tertiary/aromatic N) is 3. The molecule has 7 heteroatoms. The molecule has 0 saturated carbocycles. The van der Waals surface area contributed by atoms with Crippen LogP contribution in [0.3, 0.4) is 0 Å². The van der Waals surface area contributed by atoms with Crippen molar-refractivity contribution >= 4 is 34.9 Å². The SMILES string of the molecule is CC(C)N1C(=O)C2CN(Cc3ccc(Cl)s3)CCN2C1=O. The van der Waals surface area contributed by atoms with E-state index in [-0.39, 0.29) is 24.0 Å². The summed E-state index contributed by atoms with van der Waals surface area (Å²) in [6.45, 7) is 6.53. The molecule has 3 heterocycles. The van der Waals surface area contributed by atoms with Crippen LogP contribution < -0.4 is 0 Å². The third-order valence-corrected chi connectivity index (χ3v) is 5.18. The average molecular weight is 328 g/mol. The number of carbonyl (C=O) groups excluding carboxylic acids is 2. The number of fused-ring (bicyclic) bond motifs is 1. The first-order valence-electron chi connectivity index (χ1n) is 7.07. The predicted molar refractivity (Wildman–Crippen MR) is 82.5 cm³/mol. The van der Waals surface area contributed by atoms with Crippen molar-refractivity contribution in [2.75, 3.05) is 19.6 Å². The fraction of sp³-hybridized carbons (Fsp3) is 0.571. The van der Waals surface area contributed by atoms with Crippen molar-refractivity contribution in [1.82, 2.24) is 14.7 Å². The Kier molecular flexibility index (Phi) is 3.94. The van der Waals surface area contributed by atoms with E-state index in [0.29, 0.717) is 13.1 Å². The van der Waals surface area contributed by atoms with Gasteiger partial charge in [0, 0.05) is 37.1 Å². The van der Waals surface area contributed by atoms with Crippen molar-refractivity contribution in [1.29, 1.82) is 0 Å². The van der Waals surface area contributed by atoms with Crippen LogP contribution in [0.15, 0.2) is 12.1 Å². The Balaban J connectivity index is 1.70. The quantitative estimate of drug-likeness (QED) is 0.800. The van der Waals surface area contributed by atoms with Gasteiger partial charge >= 0.3 is 6.03 Å². The second-order valence-corrected chi connectivity index (χ2v) is 7.53. The van der Waals surface area contributed by atoms with Crippen LogP contribution in [0.25, 0.3) is 0 Å². The van der Waals surface area contributed by atoms with E-state index in [4.69, 9.17) is 11.6 Å². The standard InChI is InChI=1S/C14H18ClN3O2S/c1-9(2)18-13(19)11-8-16(5-6-17(11)14(18)20)7-10-3-4-12(15)21-10/h3-4,9,11H,5-8H2,1-2H3. The van der Waals surface area contributed by atoms with Gasteiger partial charge < -0.3 is 4.90 Å². The third-order valence-electron chi connectivity index (χ3n) is 3.96. The van der Waals surface area contributed by atoms with Crippen LogP contribution in [-0.2, 0) is 11.3 Å². The van der Waals surface area contributed by atoms with E-state index in [9.17, 15) is 9.59 Å². The number of urea groups is 1. The Morgan fingerprint density at radius 2 is 2.10 bits per heavy atom. The van der Waals surface area contributed by atoms with Crippen molar-refractivity contribution in [2.24, 2.45) is 0 Å². The first-order chi connectivity index (χ1) is 9.97. The lowest BCUT2D eigenvalue weighted by molar-refractivity contribution is -0.130. The van der Waals surface area contributed by atoms with E-state index in [1.54, 1.807) is 16.2 Å². The molecule has 2 fully saturated rings. The van der Waals surface area contributed by atoms with Crippen LogP contribution in [-0.4, -0.2) is 58.4 Å². The molecule has 114 valence electrons. The lowest BCUT2D eigenvalue weighted by Crippen LogP contribution is -2.52. The molecule has 0 radical (unpaired) electrons. The molecule has 0 aliphatic carbocycles. The summed E-state index contributed by atoms with van der Waals surface area (Å²) in [7, 11) is 0. The second-order valence-electron chi connectivity index (χ2n) is 5.73. The van der Waals surface area contributed by atoms with Crippen LogP contribution in [0.5, 0.6) is 0 Å². The lowest BCUT2D eigenvalue weighted by atomic mass is 10.2. The lowest BCUT2D eigenvalue weighted by Gasteiger charge is -2.35. The zero-order valence-electron chi connectivity index (χ0n) is 12.1. The van der Waals surface area contributed by atoms with Crippen molar-refractivity contribution in [3.05, 3.63) is 21.3 Å². The van der Waals surface area contributed by atoms with Crippen molar-refractivity contribution in [2.45, 2.75) is 32.5 Å². The molecule has 1 atom stereocenters. The van der Waals surface area contributed by atoms with E-state index in [0.717, 1.165) is 17.4 Å². The van der Waals surface area contributed by atoms with Crippen LogP contribution in [0.2, 0.25) is 4.34 Å². The van der Waals surface area contributed by atoms with E-state index in [1.807, 2.05) is 26.0 Å². The van der Waals surface area contributed by atoms with Gasteiger partial charge in [0.2, 0.25) is 0 Å². The van der Waals surface area contributed by atoms with Crippen molar-refractivity contribution < 1.29 is 9.59 Å². The average Bonchev–Trinajstić information content (AvgIpc) is 2.93. The Morgan fingerprint density at radius 1 is 1.33 bits per heavy atom. The molecule has 1 aromatic rings. The minimum absolute atomic E-state index is 0.0658. The predicted octanol–water partition coefficient (Wildman–Crippen LogP) is 2.26. The number of hydrogen-bond acceptors (Lipinski definition) is 4. The van der Waals surface area contributed by atoms with Gasteiger partial charge in [-0.15, -0.1) is 11.3 Å². The Morgan fingerprint density at radius 3 is 2.71 bits per heavy atom. The first kappa shape index (κ1) is 14.8. The van der Waals surface area contributed by atoms with Crippen LogP contribution in [0, 0.1) is 0 Å². The van der Waals surface area contributed by atoms with Crippen LogP contribution in [0.4, 0.5) is 4.79 Å². The summed E-state index contributed by atoms with van der Waals surface area (Å²) >= 11 is 7.51. The zero-order valence-corrected chi connectivity index (χ0v) is 13.7. The molecule has 2 aliphatic rings. The van der Waals surface area contributed by atoms with Gasteiger partial charge in [-0.3, -0.25) is 14.6 Å². The number of amides is 3. The van der Waals surface area contributed by atoms with Crippen molar-refractivity contribution in [3.8, 4) is 0 Å². The summed E-state index contributed by atoms with van der Waals surface area (Å²) < 4.78 is 0.779. The summed E-state index contributed by atoms with van der Waals surface area (Å²) in [5, 5.41) is 0. The molecule has 3 rings (SSSR count). The molecule has 0 spiro atoms. The highest BCUT2D eigenvalue weighted by Crippen LogP contribution is 2.27. The Hall–Kier alpha value is -1.11. The number of piperazine rings is 1. The molecule has 1 unspecified atom stereocenters. The Bertz CT molecular complexity index is 574. The normalized spacial score (nSPS) is 23.3. The molecule has 1 aromatic heterocycles. The van der Waals surface area contributed by atoms with E-state index in [2.05, 4.69) is 4.90 Å². The largest absolute Gasteiger partial charge is 0.327 e. The molecule has 2 aliphatic heterocycles. The Labute approximate surface area is 133 Å². The zero-order chi connectivity index (χ0) is 15.1. The molecule has 3 amide bonds. The van der Waals surface area contributed by atoms with Gasteiger partial charge in [-0.05, 0) is 26.0 Å². The number of imide groups is 1. The fourth-order valence-corrected chi connectivity index (χ4v) is 4.08. The fourth-order valence-electron chi connectivity index (χ4n) is 2.95. The van der Waals surface area contributed by atoms with Gasteiger partial charge in [-0.1, -0.05) is 11.6 Å². The summed E-state index contributed by atoms with van der Waals surface area (Å²) in [6.07, 6.45) is 0. The highest BCUT2D eigenvalue weighted by molar-refractivity contribution is 7.16. The minimum atomic E-state index is -0.330. The maximum atomic E-state index is 12.4. The molecule has 0 aromatic carbocycles. The monoisotopic (exact) mass is 327 g/mol. The number of hydrogen-bond donors (Lipinski definition) is 0. The number of rotatable bonds is 3. The van der Waals surface area contributed by atoms with Gasteiger partial charge in [0.15, 0.2) is 0 Å². The number of thiophene rings is 1. The van der Waals surface area contributed by atoms with Crippen LogP contribution >= 0.6 is 22.9 Å². The first-order valence-corrected chi connectivity index (χ1v) is 8.27. The highest BCUT2D eigenvalue weighted by atomic mass is 35.5. The summed E-state index contributed by atoms with van der Waals surface area (Å²) in [5.74, 6) is -0.0658. The second kappa shape index (κ2) is 5.59. The minimum Gasteiger partial charge on any atom is -0.310 e. The van der Waals surface area contributed by atoms with Crippen LogP contribution in [0.1, 0.15) is 18.7 Å². The molecule has 0 bridgehead atoms. The number of carbonyl (C=O) groups is 2. The molecule has 21 heavy (non-hydrogen) atoms. The molecule has 2 saturated heterocycles. The maximum absolute atomic E-state index is 12.4. The molecule has 0 N–H and O–H groups in total. The summed E-state index contributed by atoms with van der Waals surface area (Å²) in [6, 6.07) is 3.35. The summed E-state index contributed by atoms with van der Waals surface area (Å²) in [4.78, 5) is 31.2. The van der Waals surface area contributed by atoms with Crippen molar-refractivity contribution in [3.63, 3.8) is 0 Å². The highest BCUT2D eigenvalue weighted by Gasteiger charge is 2.48. The maximum Gasteiger partial charge on any atom is 0.327 e. The topological polar surface area (TPSA) is 43.9 Å².